The van der Waals surface area contributed by atoms with Crippen molar-refractivity contribution in [1.29, 1.82) is 0 Å². The van der Waals surface area contributed by atoms with Gasteiger partial charge in [0.05, 0.1) is 6.54 Å². The molecule has 1 aromatic heterocycles. The fraction of sp³-hybridized carbons (Fsp3) is 0.800. The Morgan fingerprint density at radius 2 is 2.50 bits per heavy atom. The summed E-state index contributed by atoms with van der Waals surface area (Å²) in [6, 6.07) is 0. The predicted molar refractivity (Wildman–Crippen MR) is 51.7 cm³/mol. The van der Waals surface area contributed by atoms with E-state index in [4.69, 9.17) is 9.63 Å². The molecule has 1 N–H and O–H groups in total. The van der Waals surface area contributed by atoms with Crippen LogP contribution in [0.1, 0.15) is 6.92 Å². The molecule has 0 bridgehead atoms. The van der Waals surface area contributed by atoms with E-state index in [1.54, 1.807) is 6.92 Å². The standard InChI is InChI=1S/C5H11N4O3PS/c1-2-12-4(13(10)11)3-9-5(14)6-7-8-9/h4,13H,2-3H2,1H3,(H,10,11)(H,6,8,14). The molecule has 0 saturated carbocycles. The number of thiol groups is 1. The first-order chi connectivity index (χ1) is 6.65. The molecular formula is C5H11N4O3PS. The quantitative estimate of drug-likeness (QED) is 0.545. The highest BCUT2D eigenvalue weighted by atomic mass is 32.1. The highest BCUT2D eigenvalue weighted by Gasteiger charge is 2.17. The maximum Gasteiger partial charge on any atom is 0.218 e. The summed E-state index contributed by atoms with van der Waals surface area (Å²) in [6.45, 7) is 2.25. The van der Waals surface area contributed by atoms with E-state index in [0.29, 0.717) is 6.61 Å². The molecule has 9 heteroatoms. The van der Waals surface area contributed by atoms with Gasteiger partial charge in [0.1, 0.15) is 0 Å². The minimum absolute atomic E-state index is 0.133. The summed E-state index contributed by atoms with van der Waals surface area (Å²) in [7, 11) is -2.75. The third kappa shape index (κ3) is 3.06. The number of rotatable bonds is 5. The topological polar surface area (TPSA) is 90.1 Å². The summed E-state index contributed by atoms with van der Waals surface area (Å²) >= 11 is 3.96. The number of hydrogen-bond donors (Lipinski definition) is 2. The molecule has 1 heterocycles. The molecular weight excluding hydrogens is 227 g/mol. The molecule has 2 atom stereocenters. The van der Waals surface area contributed by atoms with E-state index in [0.717, 1.165) is 0 Å². The first-order valence-electron chi connectivity index (χ1n) is 3.94. The van der Waals surface area contributed by atoms with Crippen molar-refractivity contribution in [3.05, 3.63) is 0 Å². The van der Waals surface area contributed by atoms with Crippen molar-refractivity contribution >= 4 is 20.7 Å². The van der Waals surface area contributed by atoms with E-state index < -0.39 is 13.9 Å². The molecule has 0 spiro atoms. The highest BCUT2D eigenvalue weighted by Crippen LogP contribution is 2.25. The lowest BCUT2D eigenvalue weighted by Gasteiger charge is -2.12. The molecule has 0 amide bonds. The fourth-order valence-electron chi connectivity index (χ4n) is 0.878. The number of tetrazole rings is 1. The van der Waals surface area contributed by atoms with Crippen molar-refractivity contribution < 1.29 is 14.2 Å². The molecule has 7 nitrogen and oxygen atoms in total. The van der Waals surface area contributed by atoms with Crippen LogP contribution >= 0.6 is 20.7 Å². The molecule has 0 radical (unpaired) electrons. The number of ether oxygens (including phenoxy) is 1. The zero-order valence-electron chi connectivity index (χ0n) is 7.49. The fourth-order valence-corrected chi connectivity index (χ4v) is 1.68. The van der Waals surface area contributed by atoms with Crippen LogP contribution in [0.2, 0.25) is 0 Å². The molecule has 0 aromatic carbocycles. The van der Waals surface area contributed by atoms with Crippen LogP contribution in [0.3, 0.4) is 0 Å². The maximum atomic E-state index is 10.9. The molecule has 0 fully saturated rings. The van der Waals surface area contributed by atoms with Crippen molar-refractivity contribution in [2.24, 2.45) is 0 Å². The minimum Gasteiger partial charge on any atom is -0.367 e. The summed E-state index contributed by atoms with van der Waals surface area (Å²) in [5.74, 6) is -0.764. The van der Waals surface area contributed by atoms with Gasteiger partial charge in [-0.05, 0) is 17.4 Å². The van der Waals surface area contributed by atoms with Gasteiger partial charge in [-0.3, -0.25) is 4.57 Å². The molecule has 0 aliphatic rings. The van der Waals surface area contributed by atoms with Crippen LogP contribution in [-0.4, -0.2) is 37.6 Å². The van der Waals surface area contributed by atoms with Crippen LogP contribution in [0.5, 0.6) is 0 Å². The van der Waals surface area contributed by atoms with Crippen molar-refractivity contribution in [3.63, 3.8) is 0 Å². The molecule has 1 rings (SSSR count). The summed E-state index contributed by atoms with van der Waals surface area (Å²) in [5, 5.41) is 10.8. The van der Waals surface area contributed by atoms with Crippen molar-refractivity contribution in [3.8, 4) is 0 Å². The smallest absolute Gasteiger partial charge is 0.218 e. The van der Waals surface area contributed by atoms with Crippen molar-refractivity contribution in [2.45, 2.75) is 24.5 Å². The normalized spacial score (nSPS) is 15.4. The van der Waals surface area contributed by atoms with Crippen LogP contribution in [-0.2, 0) is 15.8 Å². The summed E-state index contributed by atoms with van der Waals surface area (Å²) in [4.78, 5) is 8.95. The van der Waals surface area contributed by atoms with Gasteiger partial charge >= 0.3 is 0 Å². The Morgan fingerprint density at radius 3 is 2.93 bits per heavy atom. The van der Waals surface area contributed by atoms with E-state index in [-0.39, 0.29) is 11.7 Å². The highest BCUT2D eigenvalue weighted by molar-refractivity contribution is 7.80. The molecule has 80 valence electrons. The van der Waals surface area contributed by atoms with E-state index >= 15 is 0 Å². The number of aromatic nitrogens is 4. The second-order valence-corrected chi connectivity index (χ2v) is 4.16. The van der Waals surface area contributed by atoms with Crippen LogP contribution in [0.4, 0.5) is 0 Å². The molecule has 2 unspecified atom stereocenters. The third-order valence-electron chi connectivity index (χ3n) is 1.50. The lowest BCUT2D eigenvalue weighted by molar-refractivity contribution is 0.0947. The van der Waals surface area contributed by atoms with Gasteiger partial charge in [0, 0.05) is 6.61 Å². The number of nitrogens with zero attached hydrogens (tertiary/aromatic N) is 4. The van der Waals surface area contributed by atoms with Crippen molar-refractivity contribution in [1.82, 2.24) is 20.2 Å². The summed E-state index contributed by atoms with van der Waals surface area (Å²) in [6.07, 6.45) is 0. The molecule has 0 aliphatic carbocycles. The Kier molecular flexibility index (Phi) is 4.53. The predicted octanol–water partition coefficient (Wildman–Crippen LogP) is -0.209. The minimum atomic E-state index is -2.75. The molecule has 0 saturated heterocycles. The molecule has 14 heavy (non-hydrogen) atoms. The van der Waals surface area contributed by atoms with Gasteiger partial charge < -0.3 is 9.63 Å². The Balaban J connectivity index is 2.64. The van der Waals surface area contributed by atoms with Gasteiger partial charge in [0.15, 0.2) is 5.85 Å². The first-order valence-corrected chi connectivity index (χ1v) is 5.82. The molecule has 1 aromatic rings. The second-order valence-electron chi connectivity index (χ2n) is 2.44. The van der Waals surface area contributed by atoms with Gasteiger partial charge in [0.25, 0.3) is 0 Å². The Morgan fingerprint density at radius 1 is 1.79 bits per heavy atom. The average molecular weight is 238 g/mol. The largest absolute Gasteiger partial charge is 0.367 e. The SMILES string of the molecule is CCOC(Cn1nnnc1S)[PH](=O)O. The van der Waals surface area contributed by atoms with Crippen LogP contribution < -0.4 is 0 Å². The lowest BCUT2D eigenvalue weighted by Crippen LogP contribution is -2.18. The Labute approximate surface area is 86.7 Å². The van der Waals surface area contributed by atoms with E-state index in [1.165, 1.54) is 4.68 Å². The van der Waals surface area contributed by atoms with Gasteiger partial charge in [-0.25, -0.2) is 4.68 Å². The average Bonchev–Trinajstić information content (AvgIpc) is 2.51. The second kappa shape index (κ2) is 5.45. The third-order valence-corrected chi connectivity index (χ3v) is 2.72. The number of hydrogen-bond acceptors (Lipinski definition) is 6. The lowest BCUT2D eigenvalue weighted by atomic mass is 10.7. The summed E-state index contributed by atoms with van der Waals surface area (Å²) in [5.41, 5.74) is 0. The van der Waals surface area contributed by atoms with E-state index in [1.807, 2.05) is 0 Å². The van der Waals surface area contributed by atoms with Gasteiger partial charge in [0.2, 0.25) is 13.2 Å². The van der Waals surface area contributed by atoms with Gasteiger partial charge in [-0.1, -0.05) is 0 Å². The first kappa shape index (κ1) is 11.6. The van der Waals surface area contributed by atoms with Crippen LogP contribution in [0, 0.1) is 0 Å². The Hall–Kier alpha value is -0.430. The zero-order chi connectivity index (χ0) is 10.6. The maximum absolute atomic E-state index is 10.9. The molecule has 0 aliphatic heterocycles. The van der Waals surface area contributed by atoms with Crippen molar-refractivity contribution in [2.75, 3.05) is 6.61 Å². The van der Waals surface area contributed by atoms with E-state index in [2.05, 4.69) is 28.2 Å². The summed E-state index contributed by atoms with van der Waals surface area (Å²) < 4.78 is 17.3. The van der Waals surface area contributed by atoms with Crippen LogP contribution in [0.25, 0.3) is 0 Å². The van der Waals surface area contributed by atoms with E-state index in [9.17, 15) is 4.57 Å². The zero-order valence-corrected chi connectivity index (χ0v) is 9.39. The Bertz CT molecular complexity index is 320. The monoisotopic (exact) mass is 238 g/mol. The van der Waals surface area contributed by atoms with Gasteiger partial charge in [-0.15, -0.1) is 17.7 Å². The van der Waals surface area contributed by atoms with Crippen LogP contribution in [0.15, 0.2) is 5.16 Å². The van der Waals surface area contributed by atoms with Gasteiger partial charge in [-0.2, -0.15) is 0 Å².